The summed E-state index contributed by atoms with van der Waals surface area (Å²) in [5.41, 5.74) is 1.61. The molecule has 1 N–H and O–H groups in total. The number of hydrogen-bond donors (Lipinski definition) is 1. The molecule has 0 fully saturated rings. The summed E-state index contributed by atoms with van der Waals surface area (Å²) in [5, 5.41) is 2.33. The van der Waals surface area contributed by atoms with E-state index in [1.807, 2.05) is 13.0 Å². The number of rotatable bonds is 4. The zero-order valence-electron chi connectivity index (χ0n) is 11.4. The second-order valence-electron chi connectivity index (χ2n) is 4.30. The molecule has 0 aliphatic heterocycles. The number of alkyl carbamates (subject to hydrolysis) is 1. The van der Waals surface area contributed by atoms with Crippen LogP contribution in [0.1, 0.15) is 24.1 Å². The first-order valence-corrected chi connectivity index (χ1v) is 5.87. The van der Waals surface area contributed by atoms with E-state index < -0.39 is 24.9 Å². The summed E-state index contributed by atoms with van der Waals surface area (Å²) < 4.78 is 45.0. The quantitative estimate of drug-likeness (QED) is 0.925. The average Bonchev–Trinajstić information content (AvgIpc) is 2.35. The maximum absolute atomic E-state index is 11.9. The minimum absolute atomic E-state index is 0.536. The summed E-state index contributed by atoms with van der Waals surface area (Å²) >= 11 is 0. The molecule has 112 valence electrons. The molecule has 20 heavy (non-hydrogen) atoms. The molecule has 0 bridgehead atoms. The van der Waals surface area contributed by atoms with Crippen molar-refractivity contribution in [1.82, 2.24) is 5.32 Å². The van der Waals surface area contributed by atoms with Crippen molar-refractivity contribution in [2.24, 2.45) is 0 Å². The fourth-order valence-corrected chi connectivity index (χ4v) is 1.64. The van der Waals surface area contributed by atoms with Crippen LogP contribution in [-0.2, 0) is 4.74 Å². The zero-order chi connectivity index (χ0) is 15.3. The van der Waals surface area contributed by atoms with Crippen LogP contribution in [0.2, 0.25) is 0 Å². The Balaban J connectivity index is 2.69. The molecular weight excluding hydrogens is 275 g/mol. The monoisotopic (exact) mass is 291 g/mol. The first kappa shape index (κ1) is 16.1. The van der Waals surface area contributed by atoms with Gasteiger partial charge in [-0.2, -0.15) is 13.2 Å². The van der Waals surface area contributed by atoms with Crippen LogP contribution in [-0.4, -0.2) is 26.0 Å². The highest BCUT2D eigenvalue weighted by molar-refractivity contribution is 5.68. The summed E-state index contributed by atoms with van der Waals surface area (Å²) in [6.07, 6.45) is -5.67. The number of ether oxygens (including phenoxy) is 2. The van der Waals surface area contributed by atoms with Crippen molar-refractivity contribution in [1.29, 1.82) is 0 Å². The van der Waals surface area contributed by atoms with Gasteiger partial charge in [-0.15, -0.1) is 0 Å². The number of alkyl halides is 3. The fourth-order valence-electron chi connectivity index (χ4n) is 1.64. The largest absolute Gasteiger partial charge is 0.496 e. The number of benzene rings is 1. The number of hydrogen-bond acceptors (Lipinski definition) is 3. The van der Waals surface area contributed by atoms with E-state index in [9.17, 15) is 18.0 Å². The molecule has 1 amide bonds. The number of halogens is 3. The maximum atomic E-state index is 11.9. The van der Waals surface area contributed by atoms with Crippen molar-refractivity contribution in [3.8, 4) is 5.75 Å². The van der Waals surface area contributed by atoms with E-state index in [0.29, 0.717) is 11.3 Å². The summed E-state index contributed by atoms with van der Waals surface area (Å²) in [6.45, 7) is 1.88. The smallest absolute Gasteiger partial charge is 0.422 e. The van der Waals surface area contributed by atoms with Crippen LogP contribution in [0.3, 0.4) is 0 Å². The molecule has 0 aliphatic rings. The van der Waals surface area contributed by atoms with Gasteiger partial charge < -0.3 is 14.8 Å². The summed E-state index contributed by atoms with van der Waals surface area (Å²) in [5.74, 6) is 0.541. The van der Waals surface area contributed by atoms with Crippen LogP contribution in [0.15, 0.2) is 18.2 Å². The zero-order valence-corrected chi connectivity index (χ0v) is 11.4. The maximum Gasteiger partial charge on any atom is 0.422 e. The summed E-state index contributed by atoms with van der Waals surface area (Å²) in [6, 6.07) is 4.81. The van der Waals surface area contributed by atoms with Crippen LogP contribution < -0.4 is 10.1 Å². The van der Waals surface area contributed by atoms with E-state index in [4.69, 9.17) is 4.74 Å². The molecule has 1 atom stereocenters. The number of methoxy groups -OCH3 is 1. The molecule has 1 aromatic carbocycles. The number of nitrogens with one attached hydrogen (secondary N) is 1. The Kier molecular flexibility index (Phi) is 5.24. The first-order chi connectivity index (χ1) is 9.23. The lowest BCUT2D eigenvalue weighted by atomic mass is 10.0. The van der Waals surface area contributed by atoms with Gasteiger partial charge in [0.1, 0.15) is 5.75 Å². The molecule has 0 spiro atoms. The lowest BCUT2D eigenvalue weighted by molar-refractivity contribution is -0.160. The predicted molar refractivity (Wildman–Crippen MR) is 66.7 cm³/mol. The number of carbonyl (C=O) groups excluding carboxylic acids is 1. The SMILES string of the molecule is COc1ccc(C)cc1[C@H](C)NC(=O)OCC(F)(F)F. The second kappa shape index (κ2) is 6.49. The number of amides is 1. The van der Waals surface area contributed by atoms with Crippen molar-refractivity contribution >= 4 is 6.09 Å². The third-order valence-corrected chi connectivity index (χ3v) is 2.55. The first-order valence-electron chi connectivity index (χ1n) is 5.87. The Hall–Kier alpha value is -1.92. The van der Waals surface area contributed by atoms with Crippen molar-refractivity contribution in [3.05, 3.63) is 29.3 Å². The molecule has 0 saturated carbocycles. The van der Waals surface area contributed by atoms with Gasteiger partial charge in [0.15, 0.2) is 6.61 Å². The normalized spacial score (nSPS) is 12.7. The molecule has 7 heteroatoms. The van der Waals surface area contributed by atoms with Gasteiger partial charge in [0.05, 0.1) is 13.2 Å². The van der Waals surface area contributed by atoms with Crippen LogP contribution >= 0.6 is 0 Å². The molecule has 0 radical (unpaired) electrons. The molecule has 1 rings (SSSR count). The second-order valence-corrected chi connectivity index (χ2v) is 4.30. The van der Waals surface area contributed by atoms with Crippen LogP contribution in [0, 0.1) is 6.92 Å². The Bertz CT molecular complexity index is 474. The molecule has 4 nitrogen and oxygen atoms in total. The van der Waals surface area contributed by atoms with Crippen LogP contribution in [0.5, 0.6) is 5.75 Å². The molecule has 0 saturated heterocycles. The molecule has 0 aliphatic carbocycles. The topological polar surface area (TPSA) is 47.6 Å². The molecular formula is C13H16F3NO3. The van der Waals surface area contributed by atoms with E-state index in [1.165, 1.54) is 7.11 Å². The van der Waals surface area contributed by atoms with E-state index >= 15 is 0 Å². The van der Waals surface area contributed by atoms with Gasteiger partial charge in [0.25, 0.3) is 0 Å². The number of aryl methyl sites for hydroxylation is 1. The van der Waals surface area contributed by atoms with Gasteiger partial charge in [-0.1, -0.05) is 17.7 Å². The predicted octanol–water partition coefficient (Wildman–Crippen LogP) is 3.35. The molecule has 1 aromatic rings. The van der Waals surface area contributed by atoms with Gasteiger partial charge in [0, 0.05) is 5.56 Å². The minimum Gasteiger partial charge on any atom is -0.496 e. The summed E-state index contributed by atoms with van der Waals surface area (Å²) in [7, 11) is 1.48. The van der Waals surface area contributed by atoms with Gasteiger partial charge in [0.2, 0.25) is 0 Å². The van der Waals surface area contributed by atoms with Crippen molar-refractivity contribution in [2.75, 3.05) is 13.7 Å². The van der Waals surface area contributed by atoms with E-state index in [2.05, 4.69) is 10.1 Å². The highest BCUT2D eigenvalue weighted by Gasteiger charge is 2.30. The van der Waals surface area contributed by atoms with Gasteiger partial charge in [-0.3, -0.25) is 0 Å². The van der Waals surface area contributed by atoms with Crippen molar-refractivity contribution in [2.45, 2.75) is 26.1 Å². The Morgan fingerprint density at radius 2 is 2.05 bits per heavy atom. The van der Waals surface area contributed by atoms with Gasteiger partial charge >= 0.3 is 12.3 Å². The van der Waals surface area contributed by atoms with E-state index in [-0.39, 0.29) is 0 Å². The third-order valence-electron chi connectivity index (χ3n) is 2.55. The van der Waals surface area contributed by atoms with Crippen LogP contribution in [0.4, 0.5) is 18.0 Å². The van der Waals surface area contributed by atoms with Gasteiger partial charge in [-0.25, -0.2) is 4.79 Å². The fraction of sp³-hybridized carbons (Fsp3) is 0.462. The Morgan fingerprint density at radius 3 is 2.60 bits per heavy atom. The van der Waals surface area contributed by atoms with E-state index in [1.54, 1.807) is 19.1 Å². The van der Waals surface area contributed by atoms with Crippen LogP contribution in [0.25, 0.3) is 0 Å². The van der Waals surface area contributed by atoms with Gasteiger partial charge in [-0.05, 0) is 19.9 Å². The van der Waals surface area contributed by atoms with Crippen molar-refractivity contribution < 1.29 is 27.4 Å². The molecule has 0 heterocycles. The third kappa shape index (κ3) is 4.99. The lowest BCUT2D eigenvalue weighted by Gasteiger charge is -2.18. The minimum atomic E-state index is -4.54. The number of carbonyl (C=O) groups is 1. The molecule has 0 aromatic heterocycles. The summed E-state index contributed by atoms with van der Waals surface area (Å²) in [4.78, 5) is 11.3. The highest BCUT2D eigenvalue weighted by atomic mass is 19.4. The lowest BCUT2D eigenvalue weighted by Crippen LogP contribution is -2.31. The average molecular weight is 291 g/mol. The molecule has 0 unspecified atom stereocenters. The Labute approximate surface area is 114 Å². The van der Waals surface area contributed by atoms with E-state index in [0.717, 1.165) is 5.56 Å². The highest BCUT2D eigenvalue weighted by Crippen LogP contribution is 2.26. The standard InChI is InChI=1S/C13H16F3NO3/c1-8-4-5-11(19-3)10(6-8)9(2)17-12(18)20-7-13(14,15)16/h4-6,9H,7H2,1-3H3,(H,17,18)/t9-/m0/s1. The Morgan fingerprint density at radius 1 is 1.40 bits per heavy atom. The van der Waals surface area contributed by atoms with Crippen molar-refractivity contribution in [3.63, 3.8) is 0 Å².